The van der Waals surface area contributed by atoms with E-state index in [4.69, 9.17) is 4.74 Å². The van der Waals surface area contributed by atoms with Crippen molar-refractivity contribution in [1.82, 2.24) is 19.1 Å². The van der Waals surface area contributed by atoms with Crippen LogP contribution in [0.1, 0.15) is 37.4 Å². The summed E-state index contributed by atoms with van der Waals surface area (Å²) in [6.07, 6.45) is 8.53. The van der Waals surface area contributed by atoms with Gasteiger partial charge in [-0.3, -0.25) is 0 Å². The molecule has 3 aromatic rings. The topological polar surface area (TPSA) is 44.9 Å². The van der Waals surface area contributed by atoms with Gasteiger partial charge in [0.25, 0.3) is 0 Å². The number of imidazole rings is 2. The van der Waals surface area contributed by atoms with Crippen LogP contribution in [0.5, 0.6) is 5.75 Å². The molecule has 0 amide bonds. The molecule has 1 atom stereocenters. The van der Waals surface area contributed by atoms with E-state index < -0.39 is 0 Å². The molecule has 1 aliphatic heterocycles. The predicted molar refractivity (Wildman–Crippen MR) is 93.1 cm³/mol. The Bertz CT molecular complexity index is 890. The molecule has 0 bridgehead atoms. The average Bonchev–Trinajstić information content (AvgIpc) is 3.14. The molecule has 0 spiro atoms. The number of benzene rings is 1. The number of fused-ring (bicyclic) bond motifs is 1. The van der Waals surface area contributed by atoms with E-state index in [0.717, 1.165) is 23.8 Å². The zero-order valence-corrected chi connectivity index (χ0v) is 14.5. The number of ether oxygens (including phenoxy) is 1. The lowest BCUT2D eigenvalue weighted by Crippen LogP contribution is -2.37. The van der Waals surface area contributed by atoms with Crippen molar-refractivity contribution in [2.24, 2.45) is 7.05 Å². The van der Waals surface area contributed by atoms with E-state index in [1.807, 2.05) is 30.2 Å². The number of hydrogen-bond acceptors (Lipinski definition) is 3. The summed E-state index contributed by atoms with van der Waals surface area (Å²) in [4.78, 5) is 9.05. The number of hydrogen-bond donors (Lipinski definition) is 0. The van der Waals surface area contributed by atoms with Gasteiger partial charge in [0.1, 0.15) is 11.4 Å². The van der Waals surface area contributed by atoms with Gasteiger partial charge in [-0.05, 0) is 26.8 Å². The lowest BCUT2D eigenvalue weighted by atomic mass is 9.88. The van der Waals surface area contributed by atoms with E-state index in [-0.39, 0.29) is 11.6 Å². The molecule has 5 nitrogen and oxygen atoms in total. The predicted octanol–water partition coefficient (Wildman–Crippen LogP) is 3.74. The fourth-order valence-electron chi connectivity index (χ4n) is 3.50. The van der Waals surface area contributed by atoms with Crippen LogP contribution in [0.3, 0.4) is 0 Å². The van der Waals surface area contributed by atoms with Gasteiger partial charge in [0.15, 0.2) is 11.6 Å². The zero-order chi connectivity index (χ0) is 16.9. The molecule has 0 N–H and O–H groups in total. The fourth-order valence-corrected chi connectivity index (χ4v) is 3.50. The Morgan fingerprint density at radius 2 is 1.88 bits per heavy atom. The highest BCUT2D eigenvalue weighted by Crippen LogP contribution is 2.43. The first-order valence-corrected chi connectivity index (χ1v) is 8.25. The van der Waals surface area contributed by atoms with Gasteiger partial charge in [-0.2, -0.15) is 0 Å². The lowest BCUT2D eigenvalue weighted by Gasteiger charge is -2.38. The van der Waals surface area contributed by atoms with Crippen LogP contribution in [0.25, 0.3) is 11.6 Å². The second-order valence-corrected chi connectivity index (χ2v) is 7.14. The van der Waals surface area contributed by atoms with Crippen molar-refractivity contribution in [2.75, 3.05) is 0 Å². The van der Waals surface area contributed by atoms with E-state index >= 15 is 0 Å². The molecular formula is C19H22N4O. The molecule has 1 aromatic carbocycles. The first kappa shape index (κ1) is 15.0. The molecule has 2 aromatic heterocycles. The van der Waals surface area contributed by atoms with Gasteiger partial charge in [-0.1, -0.05) is 17.7 Å². The summed E-state index contributed by atoms with van der Waals surface area (Å²) in [7, 11) is 1.99. The summed E-state index contributed by atoms with van der Waals surface area (Å²) in [5.41, 5.74) is 2.22. The SMILES string of the molecule is Cc1ccc2c(c1)C(n1ccnc1-c1nccn1C)CC(C)(C)O2. The van der Waals surface area contributed by atoms with Crippen LogP contribution in [0.15, 0.2) is 43.0 Å². The van der Waals surface area contributed by atoms with Crippen LogP contribution in [-0.2, 0) is 7.05 Å². The maximum atomic E-state index is 6.20. The summed E-state index contributed by atoms with van der Waals surface area (Å²) in [5, 5.41) is 0. The van der Waals surface area contributed by atoms with Crippen LogP contribution in [0.4, 0.5) is 0 Å². The van der Waals surface area contributed by atoms with Crippen molar-refractivity contribution in [2.45, 2.75) is 38.8 Å². The monoisotopic (exact) mass is 322 g/mol. The van der Waals surface area contributed by atoms with Crippen molar-refractivity contribution < 1.29 is 4.74 Å². The average molecular weight is 322 g/mol. The lowest BCUT2D eigenvalue weighted by molar-refractivity contribution is 0.0672. The Kier molecular flexibility index (Phi) is 3.27. The highest BCUT2D eigenvalue weighted by Gasteiger charge is 2.35. The minimum atomic E-state index is -0.226. The molecular weight excluding hydrogens is 300 g/mol. The van der Waals surface area contributed by atoms with Gasteiger partial charge in [0.2, 0.25) is 0 Å². The van der Waals surface area contributed by atoms with Crippen molar-refractivity contribution >= 4 is 0 Å². The van der Waals surface area contributed by atoms with Gasteiger partial charge < -0.3 is 13.9 Å². The molecule has 1 unspecified atom stereocenters. The molecule has 0 saturated carbocycles. The third-order valence-corrected chi connectivity index (χ3v) is 4.62. The first-order chi connectivity index (χ1) is 11.4. The molecule has 0 saturated heterocycles. The molecule has 0 aliphatic carbocycles. The molecule has 0 fully saturated rings. The summed E-state index contributed by atoms with van der Waals surface area (Å²) in [5.74, 6) is 2.72. The second-order valence-electron chi connectivity index (χ2n) is 7.14. The fraction of sp³-hybridized carbons (Fsp3) is 0.368. The third-order valence-electron chi connectivity index (χ3n) is 4.62. The molecule has 24 heavy (non-hydrogen) atoms. The molecule has 4 rings (SSSR count). The van der Waals surface area contributed by atoms with Gasteiger partial charge in [-0.25, -0.2) is 9.97 Å². The quantitative estimate of drug-likeness (QED) is 0.722. The van der Waals surface area contributed by atoms with E-state index in [2.05, 4.69) is 53.5 Å². The highest BCUT2D eigenvalue weighted by molar-refractivity contribution is 5.48. The van der Waals surface area contributed by atoms with Gasteiger partial charge >= 0.3 is 0 Å². The second kappa shape index (κ2) is 5.23. The van der Waals surface area contributed by atoms with Crippen LogP contribution >= 0.6 is 0 Å². The van der Waals surface area contributed by atoms with Gasteiger partial charge in [-0.15, -0.1) is 0 Å². The third kappa shape index (κ3) is 2.40. The summed E-state index contributed by atoms with van der Waals surface area (Å²) >= 11 is 0. The molecule has 0 radical (unpaired) electrons. The number of nitrogens with zero attached hydrogens (tertiary/aromatic N) is 4. The maximum absolute atomic E-state index is 6.20. The minimum Gasteiger partial charge on any atom is -0.487 e. The van der Waals surface area contributed by atoms with Crippen molar-refractivity contribution in [3.05, 3.63) is 54.1 Å². The first-order valence-electron chi connectivity index (χ1n) is 8.25. The van der Waals surface area contributed by atoms with Crippen LogP contribution in [0, 0.1) is 6.92 Å². The molecule has 124 valence electrons. The van der Waals surface area contributed by atoms with Crippen LogP contribution in [0.2, 0.25) is 0 Å². The Morgan fingerprint density at radius 3 is 2.62 bits per heavy atom. The Labute approximate surface area is 141 Å². The number of aryl methyl sites for hydroxylation is 2. The molecule has 1 aliphatic rings. The van der Waals surface area contributed by atoms with Crippen LogP contribution < -0.4 is 4.74 Å². The summed E-state index contributed by atoms with van der Waals surface area (Å²) < 4.78 is 10.4. The zero-order valence-electron chi connectivity index (χ0n) is 14.5. The van der Waals surface area contributed by atoms with E-state index in [1.54, 1.807) is 6.20 Å². The smallest absolute Gasteiger partial charge is 0.176 e. The van der Waals surface area contributed by atoms with Crippen molar-refractivity contribution in [3.8, 4) is 17.4 Å². The van der Waals surface area contributed by atoms with Crippen molar-refractivity contribution in [3.63, 3.8) is 0 Å². The van der Waals surface area contributed by atoms with Crippen LogP contribution in [-0.4, -0.2) is 24.7 Å². The largest absolute Gasteiger partial charge is 0.487 e. The van der Waals surface area contributed by atoms with Crippen molar-refractivity contribution in [1.29, 1.82) is 0 Å². The number of aromatic nitrogens is 4. The molecule has 3 heterocycles. The standard InChI is InChI=1S/C19H22N4O/c1-13-5-6-16-14(11-13)15(12-19(2,3)24-16)23-10-8-21-18(23)17-20-7-9-22(17)4/h5-11,15H,12H2,1-4H3. The van der Waals surface area contributed by atoms with E-state index in [9.17, 15) is 0 Å². The Morgan fingerprint density at radius 1 is 1.12 bits per heavy atom. The van der Waals surface area contributed by atoms with Gasteiger partial charge in [0, 0.05) is 43.8 Å². The van der Waals surface area contributed by atoms with Gasteiger partial charge in [0.05, 0.1) is 6.04 Å². The maximum Gasteiger partial charge on any atom is 0.176 e. The Hall–Kier alpha value is -2.56. The minimum absolute atomic E-state index is 0.179. The molecule has 5 heteroatoms. The van der Waals surface area contributed by atoms with E-state index in [0.29, 0.717) is 0 Å². The summed E-state index contributed by atoms with van der Waals surface area (Å²) in [6, 6.07) is 6.58. The van der Waals surface area contributed by atoms with E-state index in [1.165, 1.54) is 11.1 Å². The number of rotatable bonds is 2. The Balaban J connectivity index is 1.88. The summed E-state index contributed by atoms with van der Waals surface area (Å²) in [6.45, 7) is 6.39. The highest BCUT2D eigenvalue weighted by atomic mass is 16.5. The normalized spacial score (nSPS) is 18.9.